The summed E-state index contributed by atoms with van der Waals surface area (Å²) in [7, 11) is 4.46. The molecule has 2 amide bonds. The lowest BCUT2D eigenvalue weighted by Crippen LogP contribution is -2.44. The molecule has 1 aliphatic carbocycles. The number of fused-ring (bicyclic) bond motifs is 1. The van der Waals surface area contributed by atoms with Crippen LogP contribution in [0.25, 0.3) is 22.4 Å². The Kier molecular flexibility index (Phi) is 10.0. The van der Waals surface area contributed by atoms with Crippen molar-refractivity contribution in [3.63, 3.8) is 0 Å². The number of amides is 2. The van der Waals surface area contributed by atoms with E-state index in [2.05, 4.69) is 21.6 Å². The van der Waals surface area contributed by atoms with Gasteiger partial charge >= 0.3 is 5.69 Å². The van der Waals surface area contributed by atoms with Crippen molar-refractivity contribution in [3.8, 4) is 28.3 Å². The number of nitrogens with one attached hydrogen (secondary N) is 2. The van der Waals surface area contributed by atoms with Crippen LogP contribution >= 0.6 is 23.2 Å². The molecule has 0 saturated carbocycles. The number of benzene rings is 2. The zero-order chi connectivity index (χ0) is 36.7. The molecule has 0 bridgehead atoms. The molecule has 1 spiro atoms. The second-order valence-corrected chi connectivity index (χ2v) is 14.6. The van der Waals surface area contributed by atoms with Gasteiger partial charge in [0, 0.05) is 74.6 Å². The van der Waals surface area contributed by atoms with Gasteiger partial charge in [-0.25, -0.2) is 9.78 Å². The number of likely N-dealkylation sites (tertiary alicyclic amines) is 1. The van der Waals surface area contributed by atoms with Gasteiger partial charge in [0.05, 0.1) is 47.2 Å². The molecule has 4 aromatic rings. The van der Waals surface area contributed by atoms with Crippen molar-refractivity contribution in [1.29, 1.82) is 0 Å². The van der Waals surface area contributed by atoms with Crippen LogP contribution in [0.5, 0.6) is 5.88 Å². The van der Waals surface area contributed by atoms with E-state index in [4.69, 9.17) is 37.7 Å². The topological polar surface area (TPSA) is 137 Å². The average molecular weight is 748 g/mol. The van der Waals surface area contributed by atoms with E-state index in [-0.39, 0.29) is 46.8 Å². The second-order valence-electron chi connectivity index (χ2n) is 13.8. The van der Waals surface area contributed by atoms with Crippen molar-refractivity contribution < 1.29 is 19.1 Å². The second kappa shape index (κ2) is 14.5. The Morgan fingerprint density at radius 1 is 1.04 bits per heavy atom. The highest BCUT2D eigenvalue weighted by molar-refractivity contribution is 6.39. The first-order valence-corrected chi connectivity index (χ1v) is 18.1. The van der Waals surface area contributed by atoms with Crippen LogP contribution in [0.1, 0.15) is 53.1 Å². The molecule has 0 unspecified atom stereocenters. The largest absolute Gasteiger partial charge is 0.481 e. The van der Waals surface area contributed by atoms with Gasteiger partial charge in [0.2, 0.25) is 11.8 Å². The van der Waals surface area contributed by atoms with E-state index >= 15 is 0 Å². The van der Waals surface area contributed by atoms with Crippen LogP contribution in [0.3, 0.4) is 0 Å². The number of rotatable bonds is 10. The molecule has 2 atom stereocenters. The number of hydrogen-bond acceptors (Lipinski definition) is 8. The molecule has 2 aliphatic heterocycles. The van der Waals surface area contributed by atoms with Crippen LogP contribution in [0.2, 0.25) is 10.0 Å². The van der Waals surface area contributed by atoms with Gasteiger partial charge in [-0.05, 0) is 43.4 Å². The van der Waals surface area contributed by atoms with Crippen molar-refractivity contribution in [2.24, 2.45) is 7.05 Å². The fraction of sp³-hybridized carbons (Fsp3) is 0.395. The van der Waals surface area contributed by atoms with Crippen molar-refractivity contribution in [2.75, 3.05) is 45.8 Å². The van der Waals surface area contributed by atoms with Crippen LogP contribution in [0.15, 0.2) is 58.3 Å². The van der Waals surface area contributed by atoms with Gasteiger partial charge in [-0.1, -0.05) is 53.5 Å². The highest BCUT2D eigenvalue weighted by Gasteiger charge is 2.44. The third kappa shape index (κ3) is 6.64. The molecule has 12 nitrogen and oxygen atoms in total. The van der Waals surface area contributed by atoms with Gasteiger partial charge in [-0.2, -0.15) is 0 Å². The number of halogens is 2. The Morgan fingerprint density at radius 2 is 1.79 bits per heavy atom. The minimum absolute atomic E-state index is 0.0861. The van der Waals surface area contributed by atoms with E-state index < -0.39 is 17.2 Å². The maximum absolute atomic E-state index is 13.4. The normalized spacial score (nSPS) is 19.6. The fourth-order valence-corrected chi connectivity index (χ4v) is 8.48. The number of pyridine rings is 1. The first kappa shape index (κ1) is 35.9. The predicted molar refractivity (Wildman–Crippen MR) is 200 cm³/mol. The smallest absolute Gasteiger partial charge is 0.330 e. The Bertz CT molecular complexity index is 2200. The van der Waals surface area contributed by atoms with Crippen molar-refractivity contribution in [1.82, 2.24) is 24.3 Å². The quantitative estimate of drug-likeness (QED) is 0.235. The molecule has 4 heterocycles. The summed E-state index contributed by atoms with van der Waals surface area (Å²) in [5.74, 6) is 0.293. The molecule has 7 rings (SSSR count). The van der Waals surface area contributed by atoms with E-state index in [1.165, 1.54) is 30.5 Å². The average Bonchev–Trinajstić information content (AvgIpc) is 3.85. The third-order valence-electron chi connectivity index (χ3n) is 10.6. The highest BCUT2D eigenvalue weighted by atomic mass is 35.5. The van der Waals surface area contributed by atoms with Crippen molar-refractivity contribution in [3.05, 3.63) is 96.2 Å². The molecule has 2 saturated heterocycles. The first-order valence-electron chi connectivity index (χ1n) is 17.3. The van der Waals surface area contributed by atoms with Gasteiger partial charge in [0.25, 0.3) is 11.5 Å². The maximum atomic E-state index is 13.4. The van der Waals surface area contributed by atoms with Crippen LogP contribution in [0, 0.1) is 0 Å². The molecule has 272 valence electrons. The van der Waals surface area contributed by atoms with E-state index in [0.717, 1.165) is 55.4 Å². The Morgan fingerprint density at radius 3 is 2.52 bits per heavy atom. The van der Waals surface area contributed by atoms with Crippen LogP contribution in [-0.4, -0.2) is 76.8 Å². The van der Waals surface area contributed by atoms with Gasteiger partial charge in [0.15, 0.2) is 0 Å². The van der Waals surface area contributed by atoms with Gasteiger partial charge in [-0.15, -0.1) is 0 Å². The fourth-order valence-electron chi connectivity index (χ4n) is 7.88. The Balaban J connectivity index is 1.15. The van der Waals surface area contributed by atoms with Crippen molar-refractivity contribution >= 4 is 40.7 Å². The highest BCUT2D eigenvalue weighted by Crippen LogP contribution is 2.45. The number of ether oxygens (including phenoxy) is 2. The summed E-state index contributed by atoms with van der Waals surface area (Å²) in [6.07, 6.45) is 5.59. The number of carbonyl (C=O) groups is 2. The zero-order valence-electron chi connectivity index (χ0n) is 29.3. The minimum atomic E-state index is -0.730. The molecule has 52 heavy (non-hydrogen) atoms. The third-order valence-corrected chi connectivity index (χ3v) is 11.4. The molecular formula is C38H40Cl2N6O6. The molecule has 14 heteroatoms. The summed E-state index contributed by atoms with van der Waals surface area (Å²) in [5, 5.41) is 6.61. The molecule has 3 aliphatic rings. The number of methoxy groups -OCH3 is 2. The molecule has 2 N–H and O–H groups in total. The van der Waals surface area contributed by atoms with E-state index in [0.29, 0.717) is 39.7 Å². The summed E-state index contributed by atoms with van der Waals surface area (Å²) >= 11 is 14.0. The molecule has 2 fully saturated rings. The summed E-state index contributed by atoms with van der Waals surface area (Å²) in [4.78, 5) is 58.2. The summed E-state index contributed by atoms with van der Waals surface area (Å²) < 4.78 is 13.1. The van der Waals surface area contributed by atoms with Crippen LogP contribution < -0.4 is 26.6 Å². The van der Waals surface area contributed by atoms with Crippen molar-refractivity contribution in [2.45, 2.75) is 50.1 Å². The lowest BCUT2D eigenvalue weighted by atomic mass is 9.96. The first-order chi connectivity index (χ1) is 25.0. The molecular weight excluding hydrogens is 707 g/mol. The number of aromatic nitrogens is 3. The number of aryl methyl sites for hydroxylation is 1. The van der Waals surface area contributed by atoms with Gasteiger partial charge in [0.1, 0.15) is 5.56 Å². The molecule has 0 radical (unpaired) electrons. The number of anilines is 1. The van der Waals surface area contributed by atoms with Crippen LogP contribution in [-0.2, 0) is 29.5 Å². The predicted octanol–water partition coefficient (Wildman–Crippen LogP) is 4.87. The van der Waals surface area contributed by atoms with E-state index in [9.17, 15) is 19.2 Å². The standard InChI is InChI=1S/C38H40Cl2N6O6/c1-44-36(49)27(20-46(37(44)50)16-17-51-2)34(48)41-28-9-5-7-25(33(28)40)24-6-4-8-26(32(24)39)29-18-22-10-11-23(31(22)35(42-29)52-3)19-45-15-14-38(21-45)13-12-30(47)43-38/h4-9,18,20,23H,10-17,19,21H2,1-3H3,(H,41,48)(H,43,47)/t23-,38+/m1/s1. The Hall–Kier alpha value is -4.49. The SMILES string of the molecule is COCCn1cc(C(=O)Nc2cccc(-c3cccc(-c4cc5c(c(OC)n4)[C@@H](CN4CC[C@@]6(CCC(=O)N6)C4)CC5)c3Cl)c2Cl)c(=O)n(C)c1=O. The summed E-state index contributed by atoms with van der Waals surface area (Å²) in [5.41, 5.74) is 3.57. The number of carbonyl (C=O) groups excluding carboxylic acids is 2. The number of hydrogen-bond donors (Lipinski definition) is 2. The summed E-state index contributed by atoms with van der Waals surface area (Å²) in [6.45, 7) is 3.11. The summed E-state index contributed by atoms with van der Waals surface area (Å²) in [6, 6.07) is 12.9. The van der Waals surface area contributed by atoms with Crippen LogP contribution in [0.4, 0.5) is 5.69 Å². The maximum Gasteiger partial charge on any atom is 0.330 e. The Labute approximate surface area is 310 Å². The zero-order valence-corrected chi connectivity index (χ0v) is 30.8. The molecule has 2 aromatic heterocycles. The van der Waals surface area contributed by atoms with Gasteiger partial charge < -0.3 is 25.0 Å². The monoisotopic (exact) mass is 746 g/mol. The van der Waals surface area contributed by atoms with E-state index in [1.807, 2.05) is 18.2 Å². The number of nitrogens with zero attached hydrogens (tertiary/aromatic N) is 4. The minimum Gasteiger partial charge on any atom is -0.481 e. The molecule has 2 aromatic carbocycles. The lowest BCUT2D eigenvalue weighted by Gasteiger charge is -2.26. The van der Waals surface area contributed by atoms with Gasteiger partial charge in [-0.3, -0.25) is 23.5 Å². The van der Waals surface area contributed by atoms with E-state index in [1.54, 1.807) is 25.3 Å². The lowest BCUT2D eigenvalue weighted by molar-refractivity contribution is -0.119.